The van der Waals surface area contributed by atoms with E-state index < -0.39 is 0 Å². The lowest BCUT2D eigenvalue weighted by Crippen LogP contribution is -2.35. The Labute approximate surface area is 129 Å². The summed E-state index contributed by atoms with van der Waals surface area (Å²) >= 11 is 0. The topological polar surface area (TPSA) is 54.0 Å². The second-order valence-corrected chi connectivity index (χ2v) is 5.60. The predicted octanol–water partition coefficient (Wildman–Crippen LogP) is 2.46. The van der Waals surface area contributed by atoms with Crippen molar-refractivity contribution in [3.8, 4) is 11.3 Å². The summed E-state index contributed by atoms with van der Waals surface area (Å²) in [6, 6.07) is 10.8. The molecule has 1 aliphatic rings. The van der Waals surface area contributed by atoms with Crippen LogP contribution in [0.2, 0.25) is 0 Å². The van der Waals surface area contributed by atoms with E-state index in [-0.39, 0.29) is 0 Å². The largest absolute Gasteiger partial charge is 0.379 e. The van der Waals surface area contributed by atoms with Gasteiger partial charge in [0.2, 0.25) is 0 Å². The van der Waals surface area contributed by atoms with Gasteiger partial charge >= 0.3 is 0 Å². The molecule has 5 heteroatoms. The number of ether oxygens (including phenoxy) is 1. The maximum atomic E-state index is 5.40. The molecular weight excluding hydrogens is 276 g/mol. The number of aromatic nitrogens is 3. The Morgan fingerprint density at radius 3 is 2.95 bits per heavy atom. The second kappa shape index (κ2) is 5.87. The molecule has 1 fully saturated rings. The van der Waals surface area contributed by atoms with E-state index in [1.165, 1.54) is 11.1 Å². The van der Waals surface area contributed by atoms with E-state index in [9.17, 15) is 0 Å². The van der Waals surface area contributed by atoms with Crippen LogP contribution in [-0.4, -0.2) is 46.2 Å². The SMILES string of the molecule is c1cc(CN2CCOCC2)cc(-c2cc3cncnc3[nH]2)c1. The van der Waals surface area contributed by atoms with E-state index in [2.05, 4.69) is 50.2 Å². The number of hydrogen-bond donors (Lipinski definition) is 1. The Morgan fingerprint density at radius 1 is 1.18 bits per heavy atom. The first-order valence-corrected chi connectivity index (χ1v) is 7.57. The zero-order valence-electron chi connectivity index (χ0n) is 12.3. The Hall–Kier alpha value is -2.24. The summed E-state index contributed by atoms with van der Waals surface area (Å²) in [5.41, 5.74) is 4.47. The normalized spacial score (nSPS) is 16.2. The molecule has 1 saturated heterocycles. The molecule has 0 amide bonds. The van der Waals surface area contributed by atoms with Gasteiger partial charge in [0, 0.05) is 36.9 Å². The van der Waals surface area contributed by atoms with E-state index in [0.29, 0.717) is 0 Å². The van der Waals surface area contributed by atoms with Crippen LogP contribution >= 0.6 is 0 Å². The molecule has 0 saturated carbocycles. The van der Waals surface area contributed by atoms with Gasteiger partial charge in [-0.15, -0.1) is 0 Å². The number of H-pyrrole nitrogens is 1. The highest BCUT2D eigenvalue weighted by molar-refractivity contribution is 5.82. The summed E-state index contributed by atoms with van der Waals surface area (Å²) in [6.45, 7) is 4.65. The lowest BCUT2D eigenvalue weighted by atomic mass is 10.1. The van der Waals surface area contributed by atoms with Crippen LogP contribution in [0.3, 0.4) is 0 Å². The Balaban J connectivity index is 1.60. The lowest BCUT2D eigenvalue weighted by Gasteiger charge is -2.26. The summed E-state index contributed by atoms with van der Waals surface area (Å²) in [4.78, 5) is 14.1. The third kappa shape index (κ3) is 2.73. The first kappa shape index (κ1) is 13.4. The fourth-order valence-corrected chi connectivity index (χ4v) is 2.88. The molecule has 0 unspecified atom stereocenters. The van der Waals surface area contributed by atoms with Crippen LogP contribution in [0.4, 0.5) is 0 Å². The molecular formula is C17H18N4O. The van der Waals surface area contributed by atoms with Crippen molar-refractivity contribution in [1.82, 2.24) is 19.9 Å². The minimum Gasteiger partial charge on any atom is -0.379 e. The van der Waals surface area contributed by atoms with Crippen molar-refractivity contribution in [3.63, 3.8) is 0 Å². The highest BCUT2D eigenvalue weighted by atomic mass is 16.5. The van der Waals surface area contributed by atoms with Crippen LogP contribution in [-0.2, 0) is 11.3 Å². The Kier molecular flexibility index (Phi) is 3.58. The number of aromatic amines is 1. The Morgan fingerprint density at radius 2 is 2.09 bits per heavy atom. The van der Waals surface area contributed by atoms with Gasteiger partial charge in [-0.1, -0.05) is 18.2 Å². The maximum Gasteiger partial charge on any atom is 0.141 e. The fourth-order valence-electron chi connectivity index (χ4n) is 2.88. The molecule has 1 aromatic carbocycles. The van der Waals surface area contributed by atoms with E-state index >= 15 is 0 Å². The summed E-state index contributed by atoms with van der Waals surface area (Å²) in [5.74, 6) is 0. The number of fused-ring (bicyclic) bond motifs is 1. The molecule has 0 atom stereocenters. The van der Waals surface area contributed by atoms with E-state index in [1.54, 1.807) is 6.33 Å². The molecule has 5 nitrogen and oxygen atoms in total. The lowest BCUT2D eigenvalue weighted by molar-refractivity contribution is 0.0342. The first-order chi connectivity index (χ1) is 10.9. The molecule has 2 aromatic heterocycles. The molecule has 22 heavy (non-hydrogen) atoms. The van der Waals surface area contributed by atoms with Crippen LogP contribution in [0.25, 0.3) is 22.3 Å². The molecule has 3 aromatic rings. The van der Waals surface area contributed by atoms with E-state index in [0.717, 1.165) is 49.6 Å². The number of morpholine rings is 1. The quantitative estimate of drug-likeness (QED) is 0.806. The highest BCUT2D eigenvalue weighted by Gasteiger charge is 2.11. The van der Waals surface area contributed by atoms with Crippen molar-refractivity contribution < 1.29 is 4.74 Å². The zero-order chi connectivity index (χ0) is 14.8. The minimum absolute atomic E-state index is 0.834. The van der Waals surface area contributed by atoms with Crippen molar-refractivity contribution in [1.29, 1.82) is 0 Å². The van der Waals surface area contributed by atoms with Gasteiger partial charge in [-0.05, 0) is 23.3 Å². The van der Waals surface area contributed by atoms with Gasteiger partial charge in [0.1, 0.15) is 12.0 Å². The molecule has 0 radical (unpaired) electrons. The monoisotopic (exact) mass is 294 g/mol. The van der Waals surface area contributed by atoms with Gasteiger partial charge in [-0.2, -0.15) is 0 Å². The van der Waals surface area contributed by atoms with Crippen molar-refractivity contribution in [2.75, 3.05) is 26.3 Å². The minimum atomic E-state index is 0.834. The van der Waals surface area contributed by atoms with Gasteiger partial charge in [-0.25, -0.2) is 9.97 Å². The molecule has 4 rings (SSSR count). The van der Waals surface area contributed by atoms with Gasteiger partial charge in [0.25, 0.3) is 0 Å². The van der Waals surface area contributed by atoms with Crippen molar-refractivity contribution in [2.24, 2.45) is 0 Å². The molecule has 0 bridgehead atoms. The molecule has 1 N–H and O–H groups in total. The number of nitrogens with one attached hydrogen (secondary N) is 1. The Bertz CT molecular complexity index is 744. The highest BCUT2D eigenvalue weighted by Crippen LogP contribution is 2.23. The number of nitrogens with zero attached hydrogens (tertiary/aromatic N) is 3. The molecule has 112 valence electrons. The van der Waals surface area contributed by atoms with E-state index in [4.69, 9.17) is 4.74 Å². The third-order valence-corrected chi connectivity index (χ3v) is 4.04. The standard InChI is InChI=1S/C17H18N4O/c1-2-13(11-21-4-6-22-7-5-21)8-14(3-1)16-9-15-10-18-12-19-17(15)20-16/h1-3,8-10,12H,4-7,11H2,(H,18,19,20). The van der Waals surface area contributed by atoms with Crippen LogP contribution in [0.15, 0.2) is 42.9 Å². The molecule has 0 spiro atoms. The van der Waals surface area contributed by atoms with Crippen molar-refractivity contribution >= 4 is 11.0 Å². The summed E-state index contributed by atoms with van der Waals surface area (Å²) < 4.78 is 5.40. The number of benzene rings is 1. The smallest absolute Gasteiger partial charge is 0.141 e. The predicted molar refractivity (Wildman–Crippen MR) is 85.4 cm³/mol. The van der Waals surface area contributed by atoms with Crippen LogP contribution < -0.4 is 0 Å². The van der Waals surface area contributed by atoms with Gasteiger partial charge in [0.05, 0.1) is 13.2 Å². The van der Waals surface area contributed by atoms with Crippen molar-refractivity contribution in [3.05, 3.63) is 48.4 Å². The first-order valence-electron chi connectivity index (χ1n) is 7.57. The van der Waals surface area contributed by atoms with Crippen LogP contribution in [0, 0.1) is 0 Å². The van der Waals surface area contributed by atoms with Gasteiger partial charge < -0.3 is 9.72 Å². The zero-order valence-corrected chi connectivity index (χ0v) is 12.3. The number of rotatable bonds is 3. The van der Waals surface area contributed by atoms with Gasteiger partial charge in [-0.3, -0.25) is 4.90 Å². The summed E-state index contributed by atoms with van der Waals surface area (Å²) in [7, 11) is 0. The van der Waals surface area contributed by atoms with Crippen molar-refractivity contribution in [2.45, 2.75) is 6.54 Å². The number of hydrogen-bond acceptors (Lipinski definition) is 4. The van der Waals surface area contributed by atoms with Crippen LogP contribution in [0.5, 0.6) is 0 Å². The average Bonchev–Trinajstić information content (AvgIpc) is 3.00. The summed E-state index contributed by atoms with van der Waals surface area (Å²) in [6.07, 6.45) is 3.40. The van der Waals surface area contributed by atoms with E-state index in [1.807, 2.05) is 6.20 Å². The molecule has 0 aliphatic carbocycles. The van der Waals surface area contributed by atoms with Crippen LogP contribution in [0.1, 0.15) is 5.56 Å². The van der Waals surface area contributed by atoms with Gasteiger partial charge in [0.15, 0.2) is 0 Å². The second-order valence-electron chi connectivity index (χ2n) is 5.60. The molecule has 3 heterocycles. The molecule has 1 aliphatic heterocycles. The summed E-state index contributed by atoms with van der Waals surface area (Å²) in [5, 5.41) is 1.04. The fraction of sp³-hybridized carbons (Fsp3) is 0.294. The third-order valence-electron chi connectivity index (χ3n) is 4.04. The maximum absolute atomic E-state index is 5.40. The average molecular weight is 294 g/mol.